The van der Waals surface area contributed by atoms with Gasteiger partial charge in [0.25, 0.3) is 20.2 Å². The molecule has 28 heavy (non-hydrogen) atoms. The number of aromatic hydroxyl groups is 2. The Balaban J connectivity index is 2.39. The highest BCUT2D eigenvalue weighted by atomic mass is 32.2. The van der Waals surface area contributed by atoms with Crippen LogP contribution >= 0.6 is 11.8 Å². The van der Waals surface area contributed by atoms with Crippen LogP contribution in [0.1, 0.15) is 0 Å². The molecule has 3 rings (SSSR count). The first-order chi connectivity index (χ1) is 12.9. The standard InChI is InChI=1S/C14H12O11S3/c1-23-5-3-7-11(13(9(5)15)27(17,18)19)26-12-8(25-7)4-6(24-2)10(16)14(12)28(20,21)22/h3-4,15-16H,1-2H3,(H,17,18,19)(H,20,21,22). The summed E-state index contributed by atoms with van der Waals surface area (Å²) in [5.41, 5.74) is 0. The van der Waals surface area contributed by atoms with Crippen molar-refractivity contribution in [3.63, 3.8) is 0 Å². The Hall–Kier alpha value is -2.39. The van der Waals surface area contributed by atoms with Crippen molar-refractivity contribution in [1.82, 2.24) is 0 Å². The van der Waals surface area contributed by atoms with E-state index >= 15 is 0 Å². The van der Waals surface area contributed by atoms with Gasteiger partial charge in [0.15, 0.2) is 32.8 Å². The van der Waals surface area contributed by atoms with Crippen molar-refractivity contribution < 1.29 is 50.4 Å². The fourth-order valence-corrected chi connectivity index (χ4v) is 5.75. The first kappa shape index (κ1) is 20.3. The van der Waals surface area contributed by atoms with E-state index in [-0.39, 0.29) is 32.8 Å². The highest BCUT2D eigenvalue weighted by Gasteiger charge is 2.37. The van der Waals surface area contributed by atoms with Crippen LogP contribution in [0.4, 0.5) is 0 Å². The Morgan fingerprint density at radius 3 is 1.46 bits per heavy atom. The van der Waals surface area contributed by atoms with Crippen molar-refractivity contribution in [2.45, 2.75) is 19.6 Å². The molecule has 0 bridgehead atoms. The van der Waals surface area contributed by atoms with E-state index in [1.54, 1.807) is 0 Å². The van der Waals surface area contributed by atoms with Crippen molar-refractivity contribution in [3.05, 3.63) is 12.1 Å². The number of phenols is 2. The average Bonchev–Trinajstić information content (AvgIpc) is 2.56. The summed E-state index contributed by atoms with van der Waals surface area (Å²) >= 11 is 0.422. The number of methoxy groups -OCH3 is 2. The number of hydrogen-bond acceptors (Lipinski definition) is 10. The van der Waals surface area contributed by atoms with Crippen molar-refractivity contribution in [1.29, 1.82) is 0 Å². The van der Waals surface area contributed by atoms with Gasteiger partial charge in [0.1, 0.15) is 11.5 Å². The van der Waals surface area contributed by atoms with Gasteiger partial charge < -0.3 is 24.4 Å². The lowest BCUT2D eigenvalue weighted by Gasteiger charge is -2.24. The predicted molar refractivity (Wildman–Crippen MR) is 93.1 cm³/mol. The third kappa shape index (κ3) is 3.18. The van der Waals surface area contributed by atoms with Crippen molar-refractivity contribution in [2.75, 3.05) is 14.2 Å². The molecule has 0 radical (unpaired) electrons. The predicted octanol–water partition coefficient (Wildman–Crippen LogP) is 1.87. The Kier molecular flexibility index (Phi) is 4.79. The van der Waals surface area contributed by atoms with Crippen LogP contribution in [0.3, 0.4) is 0 Å². The van der Waals surface area contributed by atoms with E-state index in [0.29, 0.717) is 11.8 Å². The van der Waals surface area contributed by atoms with E-state index in [0.717, 1.165) is 26.4 Å². The Labute approximate surface area is 163 Å². The van der Waals surface area contributed by atoms with E-state index in [1.807, 2.05) is 0 Å². The second-order valence-electron chi connectivity index (χ2n) is 5.32. The summed E-state index contributed by atoms with van der Waals surface area (Å²) in [6.07, 6.45) is 0. The minimum absolute atomic E-state index is 0.200. The van der Waals surface area contributed by atoms with Gasteiger partial charge in [0.2, 0.25) is 0 Å². The van der Waals surface area contributed by atoms with Crippen LogP contribution in [-0.4, -0.2) is 50.4 Å². The molecule has 14 heteroatoms. The molecular formula is C14H12O11S3. The summed E-state index contributed by atoms with van der Waals surface area (Å²) in [4.78, 5) is -2.76. The molecule has 0 fully saturated rings. The van der Waals surface area contributed by atoms with Gasteiger partial charge in [-0.3, -0.25) is 9.11 Å². The maximum Gasteiger partial charge on any atom is 0.299 e. The SMILES string of the molecule is COc1cc2c(c(S(=O)(=O)O)c1O)Sc1c(cc(OC)c(O)c1S(=O)(=O)O)O2. The molecule has 152 valence electrons. The summed E-state index contributed by atoms with van der Waals surface area (Å²) in [7, 11) is -7.75. The number of rotatable bonds is 4. The average molecular weight is 452 g/mol. The van der Waals surface area contributed by atoms with E-state index < -0.39 is 41.5 Å². The van der Waals surface area contributed by atoms with Gasteiger partial charge in [0.05, 0.1) is 24.0 Å². The van der Waals surface area contributed by atoms with Gasteiger partial charge >= 0.3 is 0 Å². The van der Waals surface area contributed by atoms with Gasteiger partial charge in [-0.25, -0.2) is 0 Å². The summed E-state index contributed by atoms with van der Waals surface area (Å²) in [6, 6.07) is 2.23. The number of fused-ring (bicyclic) bond motifs is 2. The summed E-state index contributed by atoms with van der Waals surface area (Å²) in [6.45, 7) is 0. The van der Waals surface area contributed by atoms with Gasteiger partial charge in [-0.2, -0.15) is 16.8 Å². The molecule has 0 amide bonds. The molecular weight excluding hydrogens is 440 g/mol. The fourth-order valence-electron chi connectivity index (χ4n) is 2.52. The van der Waals surface area contributed by atoms with Gasteiger partial charge in [-0.1, -0.05) is 11.8 Å². The molecule has 2 aromatic rings. The van der Waals surface area contributed by atoms with E-state index in [2.05, 4.69) is 0 Å². The van der Waals surface area contributed by atoms with Crippen molar-refractivity contribution >= 4 is 32.0 Å². The zero-order valence-corrected chi connectivity index (χ0v) is 16.5. The summed E-state index contributed by atoms with van der Waals surface area (Å²) < 4.78 is 81.4. The molecule has 11 nitrogen and oxygen atoms in total. The number of hydrogen-bond donors (Lipinski definition) is 4. The van der Waals surface area contributed by atoms with Gasteiger partial charge in [-0.05, 0) is 0 Å². The van der Waals surface area contributed by atoms with E-state index in [1.165, 1.54) is 0 Å². The van der Waals surface area contributed by atoms with Crippen molar-refractivity contribution in [2.24, 2.45) is 0 Å². The van der Waals surface area contributed by atoms with Crippen LogP contribution in [-0.2, 0) is 20.2 Å². The largest absolute Gasteiger partial charge is 0.503 e. The number of phenolic OH excluding ortho intramolecular Hbond substituents is 2. The molecule has 0 unspecified atom stereocenters. The zero-order valence-electron chi connectivity index (χ0n) is 14.0. The molecule has 0 aromatic heterocycles. The third-order valence-electron chi connectivity index (χ3n) is 3.66. The lowest BCUT2D eigenvalue weighted by Crippen LogP contribution is -2.09. The van der Waals surface area contributed by atoms with Crippen LogP contribution in [0.15, 0.2) is 31.7 Å². The molecule has 0 atom stereocenters. The highest BCUT2D eigenvalue weighted by Crippen LogP contribution is 2.58. The van der Waals surface area contributed by atoms with Crippen LogP contribution in [0, 0.1) is 0 Å². The van der Waals surface area contributed by atoms with E-state index in [9.17, 15) is 36.2 Å². The Morgan fingerprint density at radius 2 is 1.18 bits per heavy atom. The minimum atomic E-state index is -5.01. The molecule has 1 aliphatic heterocycles. The molecule has 1 aliphatic rings. The van der Waals surface area contributed by atoms with E-state index in [4.69, 9.17) is 14.2 Å². The normalized spacial score (nSPS) is 13.3. The molecule has 1 heterocycles. The minimum Gasteiger partial charge on any atom is -0.503 e. The lowest BCUT2D eigenvalue weighted by atomic mass is 10.2. The molecule has 0 saturated carbocycles. The lowest BCUT2D eigenvalue weighted by molar-refractivity contribution is 0.345. The fraction of sp³-hybridized carbons (Fsp3) is 0.143. The summed E-state index contributed by atoms with van der Waals surface area (Å²) in [5.74, 6) is -2.95. The monoisotopic (exact) mass is 452 g/mol. The maximum absolute atomic E-state index is 11.8. The second-order valence-corrected chi connectivity index (χ2v) is 9.06. The second kappa shape index (κ2) is 6.59. The Bertz CT molecular complexity index is 1110. The zero-order chi connectivity index (χ0) is 21.0. The molecule has 0 spiro atoms. The first-order valence-electron chi connectivity index (χ1n) is 7.08. The van der Waals surface area contributed by atoms with Crippen LogP contribution in [0.5, 0.6) is 34.5 Å². The van der Waals surface area contributed by atoms with Crippen LogP contribution in [0.2, 0.25) is 0 Å². The van der Waals surface area contributed by atoms with Crippen molar-refractivity contribution in [3.8, 4) is 34.5 Å². The molecule has 4 N–H and O–H groups in total. The first-order valence-corrected chi connectivity index (χ1v) is 10.8. The smallest absolute Gasteiger partial charge is 0.299 e. The molecule has 0 saturated heterocycles. The topological polar surface area (TPSA) is 177 Å². The molecule has 2 aromatic carbocycles. The van der Waals surface area contributed by atoms with Gasteiger partial charge in [-0.15, -0.1) is 0 Å². The summed E-state index contributed by atoms with van der Waals surface area (Å²) in [5, 5.41) is 20.2. The highest BCUT2D eigenvalue weighted by molar-refractivity contribution is 8.00. The number of ether oxygens (including phenoxy) is 3. The van der Waals surface area contributed by atoms with Crippen LogP contribution in [0.25, 0.3) is 0 Å². The maximum atomic E-state index is 11.8. The van der Waals surface area contributed by atoms with Gasteiger partial charge in [0, 0.05) is 12.1 Å². The Morgan fingerprint density at radius 1 is 0.821 bits per heavy atom. The molecule has 0 aliphatic carbocycles. The number of benzene rings is 2. The quantitative estimate of drug-likeness (QED) is 0.423. The third-order valence-corrected chi connectivity index (χ3v) is 6.97. The van der Waals surface area contributed by atoms with Crippen LogP contribution < -0.4 is 14.2 Å².